The van der Waals surface area contributed by atoms with E-state index in [2.05, 4.69) is 19.6 Å². The van der Waals surface area contributed by atoms with Gasteiger partial charge in [0.15, 0.2) is 15.6 Å². The van der Waals surface area contributed by atoms with Crippen molar-refractivity contribution in [2.45, 2.75) is 50.9 Å². The van der Waals surface area contributed by atoms with Gasteiger partial charge < -0.3 is 4.74 Å². The van der Waals surface area contributed by atoms with Crippen molar-refractivity contribution >= 4 is 29.1 Å². The van der Waals surface area contributed by atoms with Crippen LogP contribution in [0.25, 0.3) is 0 Å². The van der Waals surface area contributed by atoms with E-state index in [1.807, 2.05) is 12.1 Å². The summed E-state index contributed by atoms with van der Waals surface area (Å²) >= 11 is 0. The molecule has 0 saturated carbocycles. The highest BCUT2D eigenvalue weighted by Gasteiger charge is 2.25. The molecule has 0 fully saturated rings. The summed E-state index contributed by atoms with van der Waals surface area (Å²) < 4.78 is 29.5. The average Bonchev–Trinajstić information content (AvgIpc) is 2.24. The molecule has 0 aliphatic rings. The summed E-state index contributed by atoms with van der Waals surface area (Å²) in [5, 5.41) is 1.18. The molecule has 0 saturated heterocycles. The van der Waals surface area contributed by atoms with E-state index < -0.39 is 35.2 Å². The van der Waals surface area contributed by atoms with E-state index >= 15 is 0 Å². The zero-order chi connectivity index (χ0) is 16.5. The summed E-state index contributed by atoms with van der Waals surface area (Å²) in [5.74, 6) is -1.35. The molecule has 0 N–H and O–H groups in total. The van der Waals surface area contributed by atoms with Gasteiger partial charge in [0.2, 0.25) is 0 Å². The van der Waals surface area contributed by atoms with Crippen LogP contribution in [0, 0.1) is 0 Å². The summed E-state index contributed by atoms with van der Waals surface area (Å²) in [5.41, 5.74) is -0.686. The molecular formula is C15H24O4SSi. The molecule has 0 spiro atoms. The third kappa shape index (κ3) is 5.63. The maximum atomic E-state index is 12.2. The van der Waals surface area contributed by atoms with E-state index in [0.29, 0.717) is 0 Å². The molecule has 0 unspecified atom stereocenters. The molecule has 4 nitrogen and oxygen atoms in total. The second-order valence-corrected chi connectivity index (χ2v) is 14.2. The van der Waals surface area contributed by atoms with Gasteiger partial charge in [-0.05, 0) is 32.9 Å². The third-order valence-electron chi connectivity index (χ3n) is 2.81. The van der Waals surface area contributed by atoms with E-state index in [-0.39, 0.29) is 4.90 Å². The molecule has 0 radical (unpaired) electrons. The number of esters is 1. The van der Waals surface area contributed by atoms with Crippen molar-refractivity contribution in [3.63, 3.8) is 0 Å². The molecule has 1 rings (SSSR count). The minimum Gasteiger partial charge on any atom is -0.459 e. The molecular weight excluding hydrogens is 304 g/mol. The van der Waals surface area contributed by atoms with Crippen LogP contribution in [0.1, 0.15) is 20.8 Å². The van der Waals surface area contributed by atoms with Crippen LogP contribution in [0.4, 0.5) is 0 Å². The normalized spacial score (nSPS) is 13.0. The molecule has 0 bridgehead atoms. The van der Waals surface area contributed by atoms with Gasteiger partial charge in [-0.1, -0.05) is 37.0 Å². The minimum atomic E-state index is -3.65. The fourth-order valence-electron chi connectivity index (χ4n) is 1.77. The maximum absolute atomic E-state index is 12.2. The largest absolute Gasteiger partial charge is 0.459 e. The molecule has 0 aliphatic carbocycles. The molecule has 1 aromatic carbocycles. The van der Waals surface area contributed by atoms with Crippen molar-refractivity contribution in [3.05, 3.63) is 24.3 Å². The second kappa shape index (κ2) is 5.92. The van der Waals surface area contributed by atoms with Crippen molar-refractivity contribution in [2.75, 3.05) is 5.75 Å². The lowest BCUT2D eigenvalue weighted by atomic mass is 10.2. The van der Waals surface area contributed by atoms with Crippen LogP contribution in [0.15, 0.2) is 29.2 Å². The molecule has 0 heterocycles. The second-order valence-electron chi connectivity index (χ2n) is 7.12. The molecule has 21 heavy (non-hydrogen) atoms. The fourth-order valence-corrected chi connectivity index (χ4v) is 4.03. The van der Waals surface area contributed by atoms with Crippen LogP contribution < -0.4 is 5.19 Å². The molecule has 0 atom stereocenters. The first-order chi connectivity index (χ1) is 9.31. The fraction of sp³-hybridized carbons (Fsp3) is 0.533. The van der Waals surface area contributed by atoms with Crippen molar-refractivity contribution in [3.8, 4) is 0 Å². The number of benzene rings is 1. The van der Waals surface area contributed by atoms with Gasteiger partial charge in [0.1, 0.15) is 5.60 Å². The van der Waals surface area contributed by atoms with Crippen molar-refractivity contribution in [2.24, 2.45) is 0 Å². The highest BCUT2D eigenvalue weighted by Crippen LogP contribution is 2.14. The Morgan fingerprint density at radius 1 is 1.10 bits per heavy atom. The molecule has 1 aromatic rings. The SMILES string of the molecule is CC(C)(C)OC(=O)CS(=O)(=O)c1ccc([Si](C)(C)C)cc1. The lowest BCUT2D eigenvalue weighted by Crippen LogP contribution is -2.37. The van der Waals surface area contributed by atoms with Gasteiger partial charge in [-0.3, -0.25) is 4.79 Å². The zero-order valence-corrected chi connectivity index (χ0v) is 15.4. The van der Waals surface area contributed by atoms with Gasteiger partial charge in [0, 0.05) is 0 Å². The van der Waals surface area contributed by atoms with E-state index in [1.54, 1.807) is 32.9 Å². The first kappa shape index (κ1) is 17.9. The Hall–Kier alpha value is -1.14. The Kier molecular flexibility index (Phi) is 5.05. The molecule has 0 aliphatic heterocycles. The maximum Gasteiger partial charge on any atom is 0.322 e. The summed E-state index contributed by atoms with van der Waals surface area (Å²) in [6.45, 7) is 11.7. The highest BCUT2D eigenvalue weighted by molar-refractivity contribution is 7.92. The van der Waals surface area contributed by atoms with Crippen LogP contribution in [-0.2, 0) is 19.4 Å². The molecule has 0 aromatic heterocycles. The van der Waals surface area contributed by atoms with E-state index in [1.165, 1.54) is 5.19 Å². The lowest BCUT2D eigenvalue weighted by Gasteiger charge is -2.19. The molecule has 6 heteroatoms. The summed E-state index contributed by atoms with van der Waals surface area (Å²) in [6.07, 6.45) is 0. The van der Waals surface area contributed by atoms with Gasteiger partial charge in [-0.25, -0.2) is 8.42 Å². The Morgan fingerprint density at radius 2 is 1.57 bits per heavy atom. The van der Waals surface area contributed by atoms with Crippen molar-refractivity contribution < 1.29 is 17.9 Å². The standard InChI is InChI=1S/C15H24O4SSi/c1-15(2,3)19-14(16)11-20(17,18)12-7-9-13(10-8-12)21(4,5)6/h7-10H,11H2,1-6H3. The lowest BCUT2D eigenvalue weighted by molar-refractivity contribution is -0.151. The van der Waals surface area contributed by atoms with Crippen molar-refractivity contribution in [1.29, 1.82) is 0 Å². The van der Waals surface area contributed by atoms with Gasteiger partial charge in [-0.15, -0.1) is 0 Å². The predicted octanol–water partition coefficient (Wildman–Crippen LogP) is 2.35. The third-order valence-corrected chi connectivity index (χ3v) is 6.48. The van der Waals surface area contributed by atoms with E-state index in [4.69, 9.17) is 4.74 Å². The summed E-state index contributed by atoms with van der Waals surface area (Å²) in [6, 6.07) is 6.84. The Balaban J connectivity index is 2.91. The Labute approximate surface area is 128 Å². The number of hydrogen-bond acceptors (Lipinski definition) is 4. The number of sulfone groups is 1. The monoisotopic (exact) mass is 328 g/mol. The highest BCUT2D eigenvalue weighted by atomic mass is 32.2. The van der Waals surface area contributed by atoms with Crippen molar-refractivity contribution in [1.82, 2.24) is 0 Å². The minimum absolute atomic E-state index is 0.162. The predicted molar refractivity (Wildman–Crippen MR) is 87.3 cm³/mol. The van der Waals surface area contributed by atoms with Crippen LogP contribution in [0.2, 0.25) is 19.6 Å². The number of carbonyl (C=O) groups is 1. The van der Waals surface area contributed by atoms with Crippen LogP contribution in [0.5, 0.6) is 0 Å². The Morgan fingerprint density at radius 3 is 1.95 bits per heavy atom. The van der Waals surface area contributed by atoms with Crippen LogP contribution in [-0.4, -0.2) is 33.8 Å². The van der Waals surface area contributed by atoms with Gasteiger partial charge in [0.05, 0.1) is 13.0 Å². The quantitative estimate of drug-likeness (QED) is 0.629. The molecule has 118 valence electrons. The van der Waals surface area contributed by atoms with E-state index in [9.17, 15) is 13.2 Å². The molecule has 0 amide bonds. The zero-order valence-electron chi connectivity index (χ0n) is 13.6. The Bertz CT molecular complexity index is 605. The number of rotatable bonds is 4. The first-order valence-electron chi connectivity index (χ1n) is 6.86. The van der Waals surface area contributed by atoms with Crippen LogP contribution >= 0.6 is 0 Å². The number of ether oxygens (including phenoxy) is 1. The summed E-state index contributed by atoms with van der Waals surface area (Å²) in [7, 11) is -5.12. The van der Waals surface area contributed by atoms with Gasteiger partial charge in [0.25, 0.3) is 0 Å². The van der Waals surface area contributed by atoms with E-state index in [0.717, 1.165) is 0 Å². The number of hydrogen-bond donors (Lipinski definition) is 0. The smallest absolute Gasteiger partial charge is 0.322 e. The van der Waals surface area contributed by atoms with Gasteiger partial charge in [-0.2, -0.15) is 0 Å². The topological polar surface area (TPSA) is 60.4 Å². The average molecular weight is 329 g/mol. The van der Waals surface area contributed by atoms with Crippen LogP contribution in [0.3, 0.4) is 0 Å². The van der Waals surface area contributed by atoms with Gasteiger partial charge >= 0.3 is 5.97 Å². The summed E-state index contributed by atoms with van der Waals surface area (Å²) in [4.78, 5) is 11.8. The first-order valence-corrected chi connectivity index (χ1v) is 12.0. The number of carbonyl (C=O) groups excluding carboxylic acids is 1.